The minimum atomic E-state index is -3.46. The molecular formula is C22H28FN3O3S. The lowest BCUT2D eigenvalue weighted by Crippen LogP contribution is -2.48. The number of carbonyl (C=O) groups excluding carboxylic acids is 1. The fourth-order valence-electron chi connectivity index (χ4n) is 3.55. The van der Waals surface area contributed by atoms with Gasteiger partial charge in [-0.1, -0.05) is 37.3 Å². The van der Waals surface area contributed by atoms with Crippen LogP contribution in [0.5, 0.6) is 0 Å². The molecule has 1 aliphatic rings. The van der Waals surface area contributed by atoms with Gasteiger partial charge in [0.2, 0.25) is 10.0 Å². The first-order valence-electron chi connectivity index (χ1n) is 10.1. The monoisotopic (exact) mass is 433 g/mol. The van der Waals surface area contributed by atoms with Crippen molar-refractivity contribution in [2.24, 2.45) is 0 Å². The summed E-state index contributed by atoms with van der Waals surface area (Å²) in [6.45, 7) is 4.59. The highest BCUT2D eigenvalue weighted by Crippen LogP contribution is 2.18. The lowest BCUT2D eigenvalue weighted by molar-refractivity contribution is 0.0757. The van der Waals surface area contributed by atoms with Crippen molar-refractivity contribution in [3.05, 3.63) is 71.5 Å². The minimum absolute atomic E-state index is 0.0255. The molecule has 0 unspecified atom stereocenters. The molecule has 0 radical (unpaired) electrons. The Hall–Kier alpha value is -2.29. The van der Waals surface area contributed by atoms with Crippen molar-refractivity contribution in [1.29, 1.82) is 0 Å². The molecule has 1 heterocycles. The zero-order valence-electron chi connectivity index (χ0n) is 17.1. The van der Waals surface area contributed by atoms with Crippen LogP contribution in [0.1, 0.15) is 28.8 Å². The molecule has 2 aromatic carbocycles. The van der Waals surface area contributed by atoms with Crippen LogP contribution in [0, 0.1) is 5.82 Å². The summed E-state index contributed by atoms with van der Waals surface area (Å²) < 4.78 is 40.3. The molecule has 8 heteroatoms. The largest absolute Gasteiger partial charge is 0.337 e. The summed E-state index contributed by atoms with van der Waals surface area (Å²) in [5.74, 6) is -0.829. The van der Waals surface area contributed by atoms with Gasteiger partial charge in [-0.2, -0.15) is 4.31 Å². The number of halogens is 1. The number of hydrogen-bond acceptors (Lipinski definition) is 4. The number of hydrogen-bond donors (Lipinski definition) is 1. The van der Waals surface area contributed by atoms with Gasteiger partial charge in [-0.15, -0.1) is 0 Å². The van der Waals surface area contributed by atoms with E-state index in [4.69, 9.17) is 0 Å². The second-order valence-electron chi connectivity index (χ2n) is 7.53. The second-order valence-corrected chi connectivity index (χ2v) is 9.62. The number of benzene rings is 2. The number of rotatable bonds is 8. The summed E-state index contributed by atoms with van der Waals surface area (Å²) in [7, 11) is -3.46. The molecule has 0 aromatic heterocycles. The topological polar surface area (TPSA) is 69.7 Å². The fourth-order valence-corrected chi connectivity index (χ4v) is 4.99. The maximum atomic E-state index is 13.3. The molecule has 30 heavy (non-hydrogen) atoms. The summed E-state index contributed by atoms with van der Waals surface area (Å²) >= 11 is 0. The number of nitrogens with zero attached hydrogens (tertiary/aromatic N) is 2. The van der Waals surface area contributed by atoms with Crippen LogP contribution in [-0.4, -0.2) is 68.6 Å². The van der Waals surface area contributed by atoms with Gasteiger partial charge in [0, 0.05) is 44.8 Å². The van der Waals surface area contributed by atoms with Crippen molar-refractivity contribution < 1.29 is 17.6 Å². The lowest BCUT2D eigenvalue weighted by atomic mass is 10.0. The van der Waals surface area contributed by atoms with Crippen molar-refractivity contribution in [3.63, 3.8) is 0 Å². The molecule has 1 N–H and O–H groups in total. The molecule has 3 rings (SSSR count). The molecule has 0 bridgehead atoms. The smallest absolute Gasteiger partial charge is 0.253 e. The second kappa shape index (κ2) is 10.1. The van der Waals surface area contributed by atoms with Crippen LogP contribution in [0.3, 0.4) is 0 Å². The highest BCUT2D eigenvalue weighted by Gasteiger charge is 2.26. The average molecular weight is 434 g/mol. The molecule has 0 aliphatic carbocycles. The Labute approximate surface area is 177 Å². The Bertz CT molecular complexity index is 930. The maximum Gasteiger partial charge on any atom is 0.253 e. The van der Waals surface area contributed by atoms with E-state index in [0.717, 1.165) is 5.56 Å². The van der Waals surface area contributed by atoms with Crippen molar-refractivity contribution >= 4 is 15.9 Å². The van der Waals surface area contributed by atoms with E-state index in [1.807, 2.05) is 37.3 Å². The first kappa shape index (κ1) is 22.4. The van der Waals surface area contributed by atoms with Crippen LogP contribution in [0.15, 0.2) is 54.6 Å². The van der Waals surface area contributed by atoms with Gasteiger partial charge >= 0.3 is 0 Å². The van der Waals surface area contributed by atoms with Gasteiger partial charge in [-0.3, -0.25) is 4.79 Å². The summed E-state index contributed by atoms with van der Waals surface area (Å²) in [5.41, 5.74) is 1.41. The van der Waals surface area contributed by atoms with Gasteiger partial charge in [0.05, 0.1) is 5.75 Å². The number of carbonyl (C=O) groups is 1. The standard InChI is InChI=1S/C22H28FN3O3S/c1-18(19-5-3-2-4-6-19)17-25(22(27)20-7-9-21(23)10-8-20)15-16-30(28,29)26-13-11-24-12-14-26/h2-10,18,24H,11-17H2,1H3/t18-/m0/s1. The molecule has 1 fully saturated rings. The van der Waals surface area contributed by atoms with Gasteiger partial charge in [0.1, 0.15) is 5.82 Å². The highest BCUT2D eigenvalue weighted by atomic mass is 32.2. The van der Waals surface area contributed by atoms with Crippen LogP contribution in [-0.2, 0) is 10.0 Å². The van der Waals surface area contributed by atoms with E-state index in [9.17, 15) is 17.6 Å². The lowest BCUT2D eigenvalue weighted by Gasteiger charge is -2.30. The fraction of sp³-hybridized carbons (Fsp3) is 0.409. The predicted octanol–water partition coefficient (Wildman–Crippen LogP) is 2.31. The number of amides is 1. The van der Waals surface area contributed by atoms with Gasteiger partial charge in [0.25, 0.3) is 5.91 Å². The minimum Gasteiger partial charge on any atom is -0.337 e. The van der Waals surface area contributed by atoms with Crippen LogP contribution < -0.4 is 5.32 Å². The third kappa shape index (κ3) is 5.87. The van der Waals surface area contributed by atoms with Gasteiger partial charge in [0.15, 0.2) is 0 Å². The summed E-state index contributed by atoms with van der Waals surface area (Å²) in [6.07, 6.45) is 0. The molecule has 1 atom stereocenters. The van der Waals surface area contributed by atoms with Gasteiger partial charge in [-0.05, 0) is 35.7 Å². The predicted molar refractivity (Wildman–Crippen MR) is 115 cm³/mol. The van der Waals surface area contributed by atoms with Crippen molar-refractivity contribution in [2.45, 2.75) is 12.8 Å². The normalized spacial score (nSPS) is 16.2. The summed E-state index contributed by atoms with van der Waals surface area (Å²) in [5, 5.41) is 3.14. The quantitative estimate of drug-likeness (QED) is 0.694. The van der Waals surface area contributed by atoms with E-state index >= 15 is 0 Å². The number of piperazine rings is 1. The summed E-state index contributed by atoms with van der Waals surface area (Å²) in [4.78, 5) is 14.7. The van der Waals surface area contributed by atoms with E-state index in [1.165, 1.54) is 28.6 Å². The first-order valence-corrected chi connectivity index (χ1v) is 11.8. The van der Waals surface area contributed by atoms with E-state index < -0.39 is 15.8 Å². The Morgan fingerprint density at radius 2 is 1.73 bits per heavy atom. The highest BCUT2D eigenvalue weighted by molar-refractivity contribution is 7.89. The van der Waals surface area contributed by atoms with E-state index in [1.54, 1.807) is 4.90 Å². The molecule has 1 amide bonds. The molecule has 1 saturated heterocycles. The van der Waals surface area contributed by atoms with Crippen molar-refractivity contribution in [3.8, 4) is 0 Å². The van der Waals surface area contributed by atoms with E-state index in [-0.39, 0.29) is 24.1 Å². The molecule has 6 nitrogen and oxygen atoms in total. The van der Waals surface area contributed by atoms with Crippen LogP contribution in [0.25, 0.3) is 0 Å². The molecular weight excluding hydrogens is 405 g/mol. The zero-order chi connectivity index (χ0) is 21.6. The Morgan fingerprint density at radius 3 is 2.37 bits per heavy atom. The molecule has 1 aliphatic heterocycles. The zero-order valence-corrected chi connectivity index (χ0v) is 17.9. The van der Waals surface area contributed by atoms with Crippen LogP contribution in [0.4, 0.5) is 4.39 Å². The van der Waals surface area contributed by atoms with Crippen molar-refractivity contribution in [1.82, 2.24) is 14.5 Å². The van der Waals surface area contributed by atoms with Crippen molar-refractivity contribution in [2.75, 3.05) is 45.0 Å². The van der Waals surface area contributed by atoms with Crippen LogP contribution >= 0.6 is 0 Å². The molecule has 0 spiro atoms. The Balaban J connectivity index is 1.76. The molecule has 0 saturated carbocycles. The third-order valence-electron chi connectivity index (χ3n) is 5.33. The van der Waals surface area contributed by atoms with E-state index in [0.29, 0.717) is 38.3 Å². The van der Waals surface area contributed by atoms with Gasteiger partial charge in [-0.25, -0.2) is 12.8 Å². The molecule has 162 valence electrons. The first-order chi connectivity index (χ1) is 14.4. The van der Waals surface area contributed by atoms with Gasteiger partial charge < -0.3 is 10.2 Å². The van der Waals surface area contributed by atoms with E-state index in [2.05, 4.69) is 5.32 Å². The number of sulfonamides is 1. The third-order valence-corrected chi connectivity index (χ3v) is 7.18. The van der Waals surface area contributed by atoms with Crippen LogP contribution in [0.2, 0.25) is 0 Å². The summed E-state index contributed by atoms with van der Waals surface area (Å²) in [6, 6.07) is 15.1. The maximum absolute atomic E-state index is 13.3. The SMILES string of the molecule is C[C@@H](CN(CCS(=O)(=O)N1CCNCC1)C(=O)c1ccc(F)cc1)c1ccccc1. The molecule has 2 aromatic rings. The average Bonchev–Trinajstić information content (AvgIpc) is 2.77. The Morgan fingerprint density at radius 1 is 1.10 bits per heavy atom. The number of nitrogens with one attached hydrogen (secondary N) is 1. The Kier molecular flexibility index (Phi) is 7.58.